The SMILES string of the molecule is C=C/C(=C\C(C)(P)C=C)[C@]12CNC[C@H]1C2. The smallest absolute Gasteiger partial charge is 0.0180 e. The first-order valence-corrected chi connectivity index (χ1v) is 6.11. The van der Waals surface area contributed by atoms with E-state index in [1.165, 1.54) is 18.5 Å². The average molecular weight is 221 g/mol. The molecule has 2 unspecified atom stereocenters. The van der Waals surface area contributed by atoms with Crippen molar-refractivity contribution in [3.8, 4) is 0 Å². The number of fused-ring (bicyclic) bond motifs is 1. The average Bonchev–Trinajstić information content (AvgIpc) is 2.78. The Labute approximate surface area is 94.9 Å². The molecule has 2 rings (SSSR count). The maximum atomic E-state index is 3.96. The number of piperidine rings is 1. The van der Waals surface area contributed by atoms with Crippen LogP contribution in [0.4, 0.5) is 0 Å². The van der Waals surface area contributed by atoms with Crippen molar-refractivity contribution < 1.29 is 0 Å². The predicted molar refractivity (Wildman–Crippen MR) is 70.0 cm³/mol. The third-order valence-electron chi connectivity index (χ3n) is 3.76. The van der Waals surface area contributed by atoms with Crippen molar-refractivity contribution in [2.45, 2.75) is 18.5 Å². The number of nitrogens with one attached hydrogen (secondary N) is 1. The van der Waals surface area contributed by atoms with E-state index in [0.29, 0.717) is 5.41 Å². The molecule has 2 heteroatoms. The second-order valence-corrected chi connectivity index (χ2v) is 6.31. The lowest BCUT2D eigenvalue weighted by molar-refractivity contribution is 0.616. The summed E-state index contributed by atoms with van der Waals surface area (Å²) in [6.45, 7) is 12.3. The molecular formula is C13H20NP. The van der Waals surface area contributed by atoms with Gasteiger partial charge in [0.25, 0.3) is 0 Å². The summed E-state index contributed by atoms with van der Waals surface area (Å²) in [4.78, 5) is 0. The Morgan fingerprint density at radius 2 is 2.33 bits per heavy atom. The Morgan fingerprint density at radius 3 is 2.73 bits per heavy atom. The van der Waals surface area contributed by atoms with Gasteiger partial charge in [-0.15, -0.1) is 15.8 Å². The molecule has 1 nitrogen and oxygen atoms in total. The standard InChI is InChI=1S/C13H20NP/c1-4-10(6-12(3,15)5-2)13-7-11(13)8-14-9-13/h4-6,11,14H,1-2,7-9,15H2,3H3/b10-6+/t11-,12?,13+/m1/s1. The van der Waals surface area contributed by atoms with Gasteiger partial charge < -0.3 is 5.32 Å². The van der Waals surface area contributed by atoms with Crippen LogP contribution < -0.4 is 5.32 Å². The zero-order chi connectivity index (χ0) is 11.1. The highest BCUT2D eigenvalue weighted by molar-refractivity contribution is 7.19. The quantitative estimate of drug-likeness (QED) is 0.437. The van der Waals surface area contributed by atoms with E-state index in [4.69, 9.17) is 0 Å². The van der Waals surface area contributed by atoms with E-state index in [1.54, 1.807) is 0 Å². The molecule has 82 valence electrons. The van der Waals surface area contributed by atoms with Gasteiger partial charge in [0.05, 0.1) is 0 Å². The Hall–Kier alpha value is -0.390. The molecule has 2 fully saturated rings. The van der Waals surface area contributed by atoms with Crippen LogP contribution in [-0.4, -0.2) is 18.2 Å². The monoisotopic (exact) mass is 221 g/mol. The Bertz CT molecular complexity index is 329. The van der Waals surface area contributed by atoms with Crippen molar-refractivity contribution in [2.75, 3.05) is 13.1 Å². The molecule has 1 N–H and O–H groups in total. The summed E-state index contributed by atoms with van der Waals surface area (Å²) in [5.41, 5.74) is 1.80. The molecule has 0 aromatic heterocycles. The van der Waals surface area contributed by atoms with E-state index in [1.807, 2.05) is 12.2 Å². The van der Waals surface area contributed by atoms with Crippen LogP contribution in [0.1, 0.15) is 13.3 Å². The second-order valence-electron chi connectivity index (χ2n) is 5.06. The molecule has 0 bridgehead atoms. The molecule has 4 atom stereocenters. The van der Waals surface area contributed by atoms with Crippen molar-refractivity contribution >= 4 is 9.24 Å². The maximum Gasteiger partial charge on any atom is 0.0180 e. The first kappa shape index (κ1) is 11.1. The molecule has 1 saturated carbocycles. The highest BCUT2D eigenvalue weighted by Crippen LogP contribution is 2.60. The molecule has 15 heavy (non-hydrogen) atoms. The Balaban J connectivity index is 2.25. The molecule has 1 aliphatic heterocycles. The lowest BCUT2D eigenvalue weighted by atomic mass is 9.91. The second kappa shape index (κ2) is 3.57. The van der Waals surface area contributed by atoms with Crippen LogP contribution in [0, 0.1) is 11.3 Å². The van der Waals surface area contributed by atoms with E-state index in [9.17, 15) is 0 Å². The molecular weight excluding hydrogens is 201 g/mol. The van der Waals surface area contributed by atoms with Gasteiger partial charge in [0.15, 0.2) is 0 Å². The van der Waals surface area contributed by atoms with E-state index < -0.39 is 0 Å². The van der Waals surface area contributed by atoms with Crippen LogP contribution in [0.3, 0.4) is 0 Å². The largest absolute Gasteiger partial charge is 0.316 e. The van der Waals surface area contributed by atoms with Gasteiger partial charge in [0.2, 0.25) is 0 Å². The van der Waals surface area contributed by atoms with Crippen LogP contribution in [0.2, 0.25) is 0 Å². The van der Waals surface area contributed by atoms with Gasteiger partial charge in [0.1, 0.15) is 0 Å². The van der Waals surface area contributed by atoms with Crippen molar-refractivity contribution in [2.24, 2.45) is 11.3 Å². The summed E-state index contributed by atoms with van der Waals surface area (Å²) in [6, 6.07) is 0. The van der Waals surface area contributed by atoms with Crippen LogP contribution in [0.5, 0.6) is 0 Å². The summed E-state index contributed by atoms with van der Waals surface area (Å²) in [7, 11) is 2.84. The highest BCUT2D eigenvalue weighted by Gasteiger charge is 2.58. The molecule has 0 radical (unpaired) electrons. The van der Waals surface area contributed by atoms with Gasteiger partial charge in [-0.3, -0.25) is 0 Å². The van der Waals surface area contributed by atoms with Gasteiger partial charge in [-0.25, -0.2) is 0 Å². The number of hydrogen-bond acceptors (Lipinski definition) is 1. The summed E-state index contributed by atoms with van der Waals surface area (Å²) in [6.07, 6.45) is 7.62. The van der Waals surface area contributed by atoms with Gasteiger partial charge in [0, 0.05) is 17.1 Å². The minimum Gasteiger partial charge on any atom is -0.316 e. The maximum absolute atomic E-state index is 3.96. The minimum absolute atomic E-state index is 0.00595. The van der Waals surface area contributed by atoms with Crippen molar-refractivity contribution in [3.63, 3.8) is 0 Å². The molecule has 1 aliphatic carbocycles. The fraction of sp³-hybridized carbons (Fsp3) is 0.538. The number of hydrogen-bond donors (Lipinski definition) is 1. The zero-order valence-electron chi connectivity index (χ0n) is 9.42. The molecule has 0 amide bonds. The third kappa shape index (κ3) is 1.84. The van der Waals surface area contributed by atoms with Crippen LogP contribution >= 0.6 is 9.24 Å². The Morgan fingerprint density at radius 1 is 1.60 bits per heavy atom. The van der Waals surface area contributed by atoms with Gasteiger partial charge in [-0.2, -0.15) is 0 Å². The lowest BCUT2D eigenvalue weighted by Gasteiger charge is -2.20. The lowest BCUT2D eigenvalue weighted by Crippen LogP contribution is -2.19. The fourth-order valence-corrected chi connectivity index (χ4v) is 2.77. The molecule has 0 aromatic carbocycles. The van der Waals surface area contributed by atoms with Crippen molar-refractivity contribution in [1.82, 2.24) is 5.32 Å². The van der Waals surface area contributed by atoms with Crippen LogP contribution in [0.15, 0.2) is 37.0 Å². The van der Waals surface area contributed by atoms with Crippen LogP contribution in [0.25, 0.3) is 0 Å². The summed E-state index contributed by atoms with van der Waals surface area (Å²) in [5.74, 6) is 0.840. The van der Waals surface area contributed by atoms with Gasteiger partial charge >= 0.3 is 0 Å². The van der Waals surface area contributed by atoms with Crippen LogP contribution in [-0.2, 0) is 0 Å². The minimum atomic E-state index is -0.00595. The zero-order valence-corrected chi connectivity index (χ0v) is 10.6. The Kier molecular flexibility index (Phi) is 2.65. The molecule has 0 spiro atoms. The third-order valence-corrected chi connectivity index (χ3v) is 4.17. The fourth-order valence-electron chi connectivity index (χ4n) is 2.59. The summed E-state index contributed by atoms with van der Waals surface area (Å²) >= 11 is 0. The topological polar surface area (TPSA) is 12.0 Å². The summed E-state index contributed by atoms with van der Waals surface area (Å²) in [5, 5.41) is 3.45. The van der Waals surface area contributed by atoms with Crippen molar-refractivity contribution in [3.05, 3.63) is 37.0 Å². The summed E-state index contributed by atoms with van der Waals surface area (Å²) < 4.78 is 0. The molecule has 0 aromatic rings. The number of rotatable bonds is 4. The van der Waals surface area contributed by atoms with E-state index in [2.05, 4.69) is 40.7 Å². The van der Waals surface area contributed by atoms with Crippen molar-refractivity contribution in [1.29, 1.82) is 0 Å². The number of allylic oxidation sites excluding steroid dienone is 3. The normalized spacial score (nSPS) is 38.0. The molecule has 1 saturated heterocycles. The van der Waals surface area contributed by atoms with Gasteiger partial charge in [-0.1, -0.05) is 24.8 Å². The van der Waals surface area contributed by atoms with E-state index in [-0.39, 0.29) is 5.16 Å². The van der Waals surface area contributed by atoms with E-state index >= 15 is 0 Å². The molecule has 1 heterocycles. The predicted octanol–water partition coefficient (Wildman–Crippen LogP) is 2.53. The van der Waals surface area contributed by atoms with E-state index in [0.717, 1.165) is 12.5 Å². The molecule has 2 aliphatic rings. The first-order valence-electron chi connectivity index (χ1n) is 5.53. The highest BCUT2D eigenvalue weighted by atomic mass is 31.0. The van der Waals surface area contributed by atoms with Gasteiger partial charge in [-0.05, 0) is 31.4 Å². The first-order chi connectivity index (χ1) is 7.04.